The topological polar surface area (TPSA) is 69.7 Å². The third-order valence-corrected chi connectivity index (χ3v) is 9.20. The molecular weight excluding hydrogens is 356 g/mol. The summed E-state index contributed by atoms with van der Waals surface area (Å²) in [6, 6.07) is 0. The molecule has 0 aromatic carbocycles. The van der Waals surface area contributed by atoms with E-state index in [9.17, 15) is 14.4 Å². The molecule has 0 N–H and O–H groups in total. The molecular formula is C23H34O5. The van der Waals surface area contributed by atoms with Gasteiger partial charge in [0.05, 0.1) is 13.0 Å². The Hall–Kier alpha value is -1.39. The molecule has 0 aliphatic heterocycles. The summed E-state index contributed by atoms with van der Waals surface area (Å²) in [7, 11) is 1.43. The Morgan fingerprint density at radius 1 is 1.04 bits per heavy atom. The van der Waals surface area contributed by atoms with Crippen molar-refractivity contribution in [1.82, 2.24) is 0 Å². The highest BCUT2D eigenvalue weighted by Gasteiger charge is 2.64. The highest BCUT2D eigenvalue weighted by Crippen LogP contribution is 2.66. The zero-order valence-corrected chi connectivity index (χ0v) is 17.7. The molecule has 0 spiro atoms. The Bertz CT molecular complexity index is 686. The number of Topliss-reactive ketones (excluding diaryl/α,β-unsaturated/α-hetero) is 1. The van der Waals surface area contributed by atoms with E-state index in [1.165, 1.54) is 14.0 Å². The molecule has 0 aromatic rings. The number of methoxy groups -OCH3 is 1. The summed E-state index contributed by atoms with van der Waals surface area (Å²) in [5, 5.41) is 0. The smallest absolute Gasteiger partial charge is 0.309 e. The van der Waals surface area contributed by atoms with Crippen molar-refractivity contribution in [3.63, 3.8) is 0 Å². The van der Waals surface area contributed by atoms with Gasteiger partial charge in [0.1, 0.15) is 11.9 Å². The molecule has 4 fully saturated rings. The monoisotopic (exact) mass is 390 g/mol. The second-order valence-corrected chi connectivity index (χ2v) is 10.3. The molecule has 4 aliphatic rings. The molecule has 156 valence electrons. The molecule has 0 heterocycles. The van der Waals surface area contributed by atoms with Crippen LogP contribution in [0.2, 0.25) is 0 Å². The van der Waals surface area contributed by atoms with Crippen LogP contribution in [0.15, 0.2) is 0 Å². The van der Waals surface area contributed by atoms with Gasteiger partial charge in [-0.05, 0) is 73.5 Å². The van der Waals surface area contributed by atoms with Gasteiger partial charge in [0, 0.05) is 19.3 Å². The number of fused-ring (bicyclic) bond motifs is 5. The molecule has 0 bridgehead atoms. The first-order chi connectivity index (χ1) is 13.2. The Labute approximate surface area is 167 Å². The molecule has 0 amide bonds. The van der Waals surface area contributed by atoms with E-state index in [4.69, 9.17) is 9.47 Å². The summed E-state index contributed by atoms with van der Waals surface area (Å²) in [6.07, 6.45) is 7.52. The van der Waals surface area contributed by atoms with E-state index >= 15 is 0 Å². The maximum Gasteiger partial charge on any atom is 0.309 e. The van der Waals surface area contributed by atoms with Gasteiger partial charge in [-0.15, -0.1) is 0 Å². The van der Waals surface area contributed by atoms with Gasteiger partial charge in [0.2, 0.25) is 0 Å². The minimum atomic E-state index is -0.277. The third-order valence-electron chi connectivity index (χ3n) is 9.20. The SMILES string of the molecule is COC(=O)[C@@H]1CC(=O)[C@@H]2[C@H]3CC[C@H]4C[C@H](OC(C)=O)CC[C@]4(C)[C@@H]3CC[C@]21C. The fourth-order valence-corrected chi connectivity index (χ4v) is 7.85. The summed E-state index contributed by atoms with van der Waals surface area (Å²) in [5.74, 6) is 1.09. The maximum atomic E-state index is 13.1. The van der Waals surface area contributed by atoms with Gasteiger partial charge >= 0.3 is 11.9 Å². The molecule has 4 saturated carbocycles. The molecule has 0 radical (unpaired) electrons. The standard InChI is InChI=1S/C23H34O5/c1-13(24)28-15-7-9-22(2)14(11-15)5-6-16-17(22)8-10-23(3)18(21(26)27-4)12-19(25)20(16)23/h14-18,20H,5-12H2,1-4H3/t14-,15+,16-,17+,18-,20-,22-,23-/m0/s1. The van der Waals surface area contributed by atoms with Crippen LogP contribution in [0.1, 0.15) is 72.1 Å². The molecule has 5 heteroatoms. The molecule has 0 saturated heterocycles. The van der Waals surface area contributed by atoms with E-state index in [2.05, 4.69) is 13.8 Å². The second kappa shape index (κ2) is 6.84. The van der Waals surface area contributed by atoms with Crippen LogP contribution in [0.5, 0.6) is 0 Å². The van der Waals surface area contributed by atoms with Crippen LogP contribution in [0.4, 0.5) is 0 Å². The second-order valence-electron chi connectivity index (χ2n) is 10.3. The van der Waals surface area contributed by atoms with Gasteiger partial charge in [0.25, 0.3) is 0 Å². The lowest BCUT2D eigenvalue weighted by atomic mass is 9.44. The van der Waals surface area contributed by atoms with E-state index in [1.54, 1.807) is 0 Å². The highest BCUT2D eigenvalue weighted by atomic mass is 16.5. The Morgan fingerprint density at radius 2 is 1.75 bits per heavy atom. The molecule has 0 unspecified atom stereocenters. The van der Waals surface area contributed by atoms with Crippen LogP contribution in [0, 0.1) is 40.4 Å². The van der Waals surface area contributed by atoms with Gasteiger partial charge in [-0.1, -0.05) is 13.8 Å². The number of hydrogen-bond donors (Lipinski definition) is 0. The summed E-state index contributed by atoms with van der Waals surface area (Å²) in [6.45, 7) is 6.07. The highest BCUT2D eigenvalue weighted by molar-refractivity contribution is 5.91. The van der Waals surface area contributed by atoms with Crippen LogP contribution < -0.4 is 0 Å². The van der Waals surface area contributed by atoms with E-state index < -0.39 is 0 Å². The fraction of sp³-hybridized carbons (Fsp3) is 0.870. The predicted octanol–water partition coefficient (Wildman–Crippen LogP) is 3.93. The number of carbonyl (C=O) groups is 3. The van der Waals surface area contributed by atoms with Gasteiger partial charge in [-0.2, -0.15) is 0 Å². The van der Waals surface area contributed by atoms with Crippen LogP contribution >= 0.6 is 0 Å². The van der Waals surface area contributed by atoms with Crippen molar-refractivity contribution >= 4 is 17.7 Å². The van der Waals surface area contributed by atoms with Crippen LogP contribution in [0.25, 0.3) is 0 Å². The van der Waals surface area contributed by atoms with Crippen molar-refractivity contribution < 1.29 is 23.9 Å². The van der Waals surface area contributed by atoms with Gasteiger partial charge < -0.3 is 9.47 Å². The predicted molar refractivity (Wildman–Crippen MR) is 103 cm³/mol. The van der Waals surface area contributed by atoms with Crippen molar-refractivity contribution in [2.75, 3.05) is 7.11 Å². The third kappa shape index (κ3) is 2.83. The normalized spacial score (nSPS) is 47.5. The average Bonchev–Trinajstić information content (AvgIpc) is 2.92. The molecule has 8 atom stereocenters. The number of esters is 2. The minimum Gasteiger partial charge on any atom is -0.469 e. The number of carbonyl (C=O) groups excluding carboxylic acids is 3. The maximum absolute atomic E-state index is 13.1. The molecule has 4 aliphatic carbocycles. The summed E-state index contributed by atoms with van der Waals surface area (Å²) < 4.78 is 10.6. The number of ether oxygens (including phenoxy) is 2. The van der Waals surface area contributed by atoms with Crippen molar-refractivity contribution in [3.05, 3.63) is 0 Å². The Balaban J connectivity index is 1.57. The number of rotatable bonds is 2. The van der Waals surface area contributed by atoms with Crippen molar-refractivity contribution in [1.29, 1.82) is 0 Å². The van der Waals surface area contributed by atoms with E-state index in [0.717, 1.165) is 44.9 Å². The average molecular weight is 391 g/mol. The zero-order valence-electron chi connectivity index (χ0n) is 17.7. The minimum absolute atomic E-state index is 0.000631. The van der Waals surface area contributed by atoms with Gasteiger partial charge in [0.15, 0.2) is 0 Å². The van der Waals surface area contributed by atoms with Crippen molar-refractivity contribution in [3.8, 4) is 0 Å². The number of hydrogen-bond acceptors (Lipinski definition) is 5. The molecule has 28 heavy (non-hydrogen) atoms. The van der Waals surface area contributed by atoms with Crippen LogP contribution in [-0.2, 0) is 23.9 Å². The first-order valence-electron chi connectivity index (χ1n) is 11.0. The summed E-state index contributed by atoms with van der Waals surface area (Å²) in [4.78, 5) is 36.8. The van der Waals surface area contributed by atoms with Crippen molar-refractivity contribution in [2.24, 2.45) is 40.4 Å². The Morgan fingerprint density at radius 3 is 2.43 bits per heavy atom. The largest absolute Gasteiger partial charge is 0.469 e. The van der Waals surface area contributed by atoms with Crippen molar-refractivity contribution in [2.45, 2.75) is 78.2 Å². The first-order valence-corrected chi connectivity index (χ1v) is 11.0. The molecule has 0 aromatic heterocycles. The fourth-order valence-electron chi connectivity index (χ4n) is 7.85. The van der Waals surface area contributed by atoms with Gasteiger partial charge in [-0.25, -0.2) is 0 Å². The van der Waals surface area contributed by atoms with Gasteiger partial charge in [-0.3, -0.25) is 14.4 Å². The van der Waals surface area contributed by atoms with Crippen LogP contribution in [-0.4, -0.2) is 30.9 Å². The summed E-state index contributed by atoms with van der Waals surface area (Å²) >= 11 is 0. The van der Waals surface area contributed by atoms with E-state index in [-0.39, 0.29) is 46.5 Å². The molecule has 4 rings (SSSR count). The lowest BCUT2D eigenvalue weighted by Crippen LogP contribution is -2.55. The first kappa shape index (κ1) is 19.9. The molecule has 5 nitrogen and oxygen atoms in total. The zero-order chi connectivity index (χ0) is 20.3. The Kier molecular flexibility index (Phi) is 4.86. The quantitative estimate of drug-likeness (QED) is 0.668. The number of ketones is 1. The lowest BCUT2D eigenvalue weighted by molar-refractivity contribution is -0.166. The van der Waals surface area contributed by atoms with E-state index in [0.29, 0.717) is 24.2 Å². The lowest BCUT2D eigenvalue weighted by Gasteiger charge is -2.60. The van der Waals surface area contributed by atoms with E-state index in [1.807, 2.05) is 0 Å². The van der Waals surface area contributed by atoms with Crippen LogP contribution in [0.3, 0.4) is 0 Å². The summed E-state index contributed by atoms with van der Waals surface area (Å²) in [5.41, 5.74) is -0.0337.